The zero-order valence-corrected chi connectivity index (χ0v) is 24.4. The lowest BCUT2D eigenvalue weighted by molar-refractivity contribution is -0.144. The third-order valence-corrected chi connectivity index (χ3v) is 5.52. The molecule has 0 aliphatic heterocycles. The fourth-order valence-corrected chi connectivity index (χ4v) is 3.33. The normalized spacial score (nSPS) is 12.9. The zero-order chi connectivity index (χ0) is 35.4. The summed E-state index contributed by atoms with van der Waals surface area (Å²) in [5.74, 6) is -10.4. The first-order valence-electron chi connectivity index (χ1n) is 13.3. The fraction of sp³-hybridized carbons (Fsp3) is 0.565. The van der Waals surface area contributed by atoms with Gasteiger partial charge in [-0.25, -0.2) is 4.79 Å². The van der Waals surface area contributed by atoms with Gasteiger partial charge in [-0.2, -0.15) is 0 Å². The largest absolute Gasteiger partial charge is 0.481 e. The van der Waals surface area contributed by atoms with Gasteiger partial charge in [0.2, 0.25) is 41.4 Å². The summed E-state index contributed by atoms with van der Waals surface area (Å²) in [6.07, 6.45) is -1.92. The molecule has 0 aromatic heterocycles. The molecule has 0 aliphatic carbocycles. The third kappa shape index (κ3) is 17.5. The number of carbonyl (C=O) groups excluding carboxylic acids is 7. The average Bonchev–Trinajstić information content (AvgIpc) is 2.97. The lowest BCUT2D eigenvalue weighted by Crippen LogP contribution is -2.57. The molecule has 0 unspecified atom stereocenters. The maximum atomic E-state index is 13.0. The van der Waals surface area contributed by atoms with Gasteiger partial charge in [-0.15, -0.1) is 0 Å². The molecule has 258 valence electrons. The lowest BCUT2D eigenvalue weighted by Gasteiger charge is -2.24. The molecule has 0 saturated heterocycles. The highest BCUT2D eigenvalue weighted by Gasteiger charge is 2.31. The molecule has 4 atom stereocenters. The molecule has 0 rings (SSSR count). The van der Waals surface area contributed by atoms with Crippen LogP contribution in [-0.2, 0) is 43.2 Å². The molecule has 7 amide bonds. The van der Waals surface area contributed by atoms with Crippen LogP contribution in [0.5, 0.6) is 0 Å². The molecule has 0 aromatic carbocycles. The van der Waals surface area contributed by atoms with E-state index >= 15 is 0 Å². The van der Waals surface area contributed by atoms with Crippen LogP contribution in [0.3, 0.4) is 0 Å². The van der Waals surface area contributed by atoms with Crippen LogP contribution in [0.1, 0.15) is 25.7 Å². The molecule has 23 nitrogen and oxygen atoms in total. The van der Waals surface area contributed by atoms with E-state index in [-0.39, 0.29) is 25.3 Å². The van der Waals surface area contributed by atoms with Crippen LogP contribution in [0, 0.1) is 0 Å². The van der Waals surface area contributed by atoms with Crippen LogP contribution in [0.25, 0.3) is 0 Å². The number of aliphatic imine (C=N–C) groups is 1. The maximum absolute atomic E-state index is 13.0. The van der Waals surface area contributed by atoms with Crippen LogP contribution >= 0.6 is 0 Å². The highest BCUT2D eigenvalue weighted by Crippen LogP contribution is 2.04. The van der Waals surface area contributed by atoms with Gasteiger partial charge in [-0.3, -0.25) is 43.3 Å². The molecule has 0 radical (unpaired) electrons. The summed E-state index contributed by atoms with van der Waals surface area (Å²) in [6.45, 7) is -2.80. The Hall–Kier alpha value is -5.58. The van der Waals surface area contributed by atoms with Crippen LogP contribution in [-0.4, -0.2) is 132 Å². The van der Waals surface area contributed by atoms with Crippen molar-refractivity contribution < 1.29 is 58.5 Å². The number of amides is 7. The van der Waals surface area contributed by atoms with Crippen molar-refractivity contribution in [3.05, 3.63) is 0 Å². The number of aliphatic hydroxyl groups excluding tert-OH is 1. The van der Waals surface area contributed by atoms with E-state index in [0.29, 0.717) is 0 Å². The van der Waals surface area contributed by atoms with E-state index in [4.69, 9.17) is 22.9 Å². The Kier molecular flexibility index (Phi) is 18.6. The van der Waals surface area contributed by atoms with E-state index < -0.39 is 117 Å². The molecule has 46 heavy (non-hydrogen) atoms. The Balaban J connectivity index is 5.44. The van der Waals surface area contributed by atoms with E-state index in [1.54, 1.807) is 0 Å². The second kappa shape index (κ2) is 21.2. The van der Waals surface area contributed by atoms with Gasteiger partial charge in [0.25, 0.3) is 0 Å². The summed E-state index contributed by atoms with van der Waals surface area (Å²) in [5.41, 5.74) is 20.6. The van der Waals surface area contributed by atoms with Crippen molar-refractivity contribution in [2.45, 2.75) is 49.9 Å². The van der Waals surface area contributed by atoms with Crippen LogP contribution in [0.4, 0.5) is 0 Å². The molecule has 0 heterocycles. The number of hydrogen-bond donors (Lipinski definition) is 13. The van der Waals surface area contributed by atoms with Gasteiger partial charge in [0.05, 0.1) is 39.1 Å². The highest BCUT2D eigenvalue weighted by atomic mass is 16.4. The number of hydrogen-bond acceptors (Lipinski definition) is 12. The van der Waals surface area contributed by atoms with Crippen LogP contribution in [0.2, 0.25) is 0 Å². The number of aliphatic hydroxyl groups is 1. The van der Waals surface area contributed by atoms with E-state index in [1.807, 2.05) is 5.32 Å². The number of carboxylic acid groups (broad SMARTS) is 2. The number of primary amides is 1. The first-order valence-corrected chi connectivity index (χ1v) is 13.3. The minimum absolute atomic E-state index is 0.0237. The maximum Gasteiger partial charge on any atom is 0.326 e. The number of carbonyl (C=O) groups is 9. The standard InChI is InChI=1S/C23H39N11O12/c24-6-15(37)32-13(9-35)19(42)30-7-16(38)29-8-17(39)31-11(5-18(40)41)21(44)33-10(2-1-3-28-23(26)27)20(43)34-12(22(45)46)4-14(25)36/h10-13,35H,1-9,24H2,(H2,25,36)(H,29,38)(H,30,42)(H,31,39)(H,32,37)(H,33,44)(H,34,43)(H,40,41)(H,45,46)(H4,26,27,28)/t10-,11-,12-,13-/m0/s1. The SMILES string of the molecule is NCC(=O)N[C@@H](CO)C(=O)NCC(=O)NCC(=O)N[C@@H](CC(=O)O)C(=O)N[C@@H](CCCN=C(N)N)C(=O)N[C@@H](CC(N)=O)C(=O)O. The monoisotopic (exact) mass is 661 g/mol. The number of nitrogens with zero attached hydrogens (tertiary/aromatic N) is 1. The van der Waals surface area contributed by atoms with Gasteiger partial charge < -0.3 is 70.2 Å². The van der Waals surface area contributed by atoms with Gasteiger partial charge in [0.15, 0.2) is 5.96 Å². The van der Waals surface area contributed by atoms with E-state index in [2.05, 4.69) is 31.6 Å². The molecule has 0 spiro atoms. The summed E-state index contributed by atoms with van der Waals surface area (Å²) in [4.78, 5) is 111. The second-order valence-electron chi connectivity index (χ2n) is 9.30. The van der Waals surface area contributed by atoms with Crippen LogP contribution in [0.15, 0.2) is 4.99 Å². The van der Waals surface area contributed by atoms with Crippen molar-refractivity contribution in [3.8, 4) is 0 Å². The van der Waals surface area contributed by atoms with E-state index in [1.165, 1.54) is 0 Å². The average molecular weight is 662 g/mol. The van der Waals surface area contributed by atoms with E-state index in [0.717, 1.165) is 0 Å². The van der Waals surface area contributed by atoms with Crippen LogP contribution < -0.4 is 54.8 Å². The Morgan fingerprint density at radius 1 is 0.652 bits per heavy atom. The Morgan fingerprint density at radius 2 is 1.22 bits per heavy atom. The van der Waals surface area contributed by atoms with E-state index in [9.17, 15) is 58.5 Å². The highest BCUT2D eigenvalue weighted by molar-refractivity contribution is 5.96. The Bertz CT molecular complexity index is 1180. The minimum Gasteiger partial charge on any atom is -0.481 e. The second-order valence-corrected chi connectivity index (χ2v) is 9.30. The lowest BCUT2D eigenvalue weighted by atomic mass is 10.1. The topological polar surface area (TPSA) is 403 Å². The number of carboxylic acids is 2. The van der Waals surface area contributed by atoms with Crippen molar-refractivity contribution in [1.29, 1.82) is 0 Å². The van der Waals surface area contributed by atoms with Gasteiger partial charge in [0, 0.05) is 6.54 Å². The Morgan fingerprint density at radius 3 is 1.74 bits per heavy atom. The molecule has 0 fully saturated rings. The molecular weight excluding hydrogens is 622 g/mol. The first-order chi connectivity index (χ1) is 21.5. The van der Waals surface area contributed by atoms with Crippen molar-refractivity contribution >= 4 is 59.2 Å². The fourth-order valence-electron chi connectivity index (χ4n) is 3.33. The molecule has 0 saturated carbocycles. The minimum atomic E-state index is -1.80. The predicted molar refractivity (Wildman–Crippen MR) is 153 cm³/mol. The zero-order valence-electron chi connectivity index (χ0n) is 24.4. The predicted octanol–water partition coefficient (Wildman–Crippen LogP) is -8.40. The Labute approximate surface area is 260 Å². The summed E-state index contributed by atoms with van der Waals surface area (Å²) < 4.78 is 0. The number of aliphatic carboxylic acids is 2. The molecule has 0 bridgehead atoms. The summed E-state index contributed by atoms with van der Waals surface area (Å²) in [5, 5.41) is 40.3. The van der Waals surface area contributed by atoms with Gasteiger partial charge in [-0.1, -0.05) is 0 Å². The summed E-state index contributed by atoms with van der Waals surface area (Å²) in [7, 11) is 0. The third-order valence-electron chi connectivity index (χ3n) is 5.52. The summed E-state index contributed by atoms with van der Waals surface area (Å²) in [6, 6.07) is -6.49. The molecular formula is C23H39N11O12. The van der Waals surface area contributed by atoms with Crippen molar-refractivity contribution in [1.82, 2.24) is 31.9 Å². The van der Waals surface area contributed by atoms with Gasteiger partial charge in [-0.05, 0) is 12.8 Å². The molecule has 17 N–H and O–H groups in total. The summed E-state index contributed by atoms with van der Waals surface area (Å²) >= 11 is 0. The first kappa shape index (κ1) is 40.4. The smallest absolute Gasteiger partial charge is 0.326 e. The number of nitrogens with one attached hydrogen (secondary N) is 6. The van der Waals surface area contributed by atoms with Gasteiger partial charge >= 0.3 is 11.9 Å². The molecule has 0 aromatic rings. The van der Waals surface area contributed by atoms with Gasteiger partial charge in [0.1, 0.15) is 24.2 Å². The van der Waals surface area contributed by atoms with Crippen molar-refractivity contribution in [3.63, 3.8) is 0 Å². The molecule has 23 heteroatoms. The van der Waals surface area contributed by atoms with Crippen molar-refractivity contribution in [2.75, 3.05) is 32.8 Å². The number of nitrogens with two attached hydrogens (primary N) is 4. The number of rotatable bonds is 22. The quantitative estimate of drug-likeness (QED) is 0.0291. The van der Waals surface area contributed by atoms with Crippen molar-refractivity contribution in [2.24, 2.45) is 27.9 Å². The molecule has 0 aliphatic rings. The number of guanidine groups is 1.